The molecule has 3 aliphatic rings. The van der Waals surface area contributed by atoms with Crippen LogP contribution in [0.5, 0.6) is 0 Å². The quantitative estimate of drug-likeness (QED) is 0.344. The van der Waals surface area contributed by atoms with E-state index in [2.05, 4.69) is 37.6 Å². The van der Waals surface area contributed by atoms with Crippen molar-refractivity contribution in [3.63, 3.8) is 0 Å². The van der Waals surface area contributed by atoms with Gasteiger partial charge in [0.15, 0.2) is 0 Å². The molecule has 0 radical (unpaired) electrons. The predicted octanol–water partition coefficient (Wildman–Crippen LogP) is 5.17. The molecule has 0 aromatic heterocycles. The van der Waals surface area contributed by atoms with E-state index in [0.717, 1.165) is 30.0 Å². The lowest BCUT2D eigenvalue weighted by Gasteiger charge is -2.40. The van der Waals surface area contributed by atoms with Crippen LogP contribution in [-0.2, 0) is 0 Å². The summed E-state index contributed by atoms with van der Waals surface area (Å²) in [6.07, 6.45) is 16.4. The van der Waals surface area contributed by atoms with Crippen molar-refractivity contribution in [1.82, 2.24) is 10.0 Å². The Morgan fingerprint density at radius 2 is 1.67 bits per heavy atom. The SMILES string of the molecule is C=C(CC1CCC1)N(C)N(C)C(C)N=C(N)C1CCC1CC1CCCCC1. The third-order valence-corrected chi connectivity index (χ3v) is 7.71. The number of aliphatic imine (C=N–C) groups is 1. The second-order valence-electron chi connectivity index (χ2n) is 9.53. The van der Waals surface area contributed by atoms with E-state index in [1.807, 2.05) is 0 Å². The van der Waals surface area contributed by atoms with Gasteiger partial charge in [0.2, 0.25) is 0 Å². The van der Waals surface area contributed by atoms with Crippen molar-refractivity contribution in [2.75, 3.05) is 14.1 Å². The van der Waals surface area contributed by atoms with E-state index in [1.165, 1.54) is 76.3 Å². The number of rotatable bonds is 9. The van der Waals surface area contributed by atoms with Crippen LogP contribution in [0.1, 0.15) is 84.0 Å². The van der Waals surface area contributed by atoms with Crippen molar-refractivity contribution >= 4 is 5.84 Å². The molecule has 0 bridgehead atoms. The van der Waals surface area contributed by atoms with E-state index < -0.39 is 0 Å². The van der Waals surface area contributed by atoms with Gasteiger partial charge >= 0.3 is 0 Å². The van der Waals surface area contributed by atoms with E-state index in [4.69, 9.17) is 10.7 Å². The molecule has 3 fully saturated rings. The number of amidine groups is 1. The summed E-state index contributed by atoms with van der Waals surface area (Å²) in [5.41, 5.74) is 7.68. The molecule has 0 aromatic rings. The molecule has 3 unspecified atom stereocenters. The number of hydrogen-bond donors (Lipinski definition) is 1. The highest BCUT2D eigenvalue weighted by molar-refractivity contribution is 5.84. The van der Waals surface area contributed by atoms with Crippen LogP contribution < -0.4 is 5.73 Å². The average Bonchev–Trinajstić information content (AvgIpc) is 2.61. The Labute approximate surface area is 167 Å². The Morgan fingerprint density at radius 3 is 2.22 bits per heavy atom. The lowest BCUT2D eigenvalue weighted by atomic mass is 9.67. The minimum atomic E-state index is 0.0593. The number of nitrogens with zero attached hydrogens (tertiary/aromatic N) is 3. The smallest absolute Gasteiger partial charge is 0.118 e. The first kappa shape index (κ1) is 20.7. The molecule has 0 spiro atoms. The van der Waals surface area contributed by atoms with Gasteiger partial charge in [0, 0.05) is 25.7 Å². The van der Waals surface area contributed by atoms with Gasteiger partial charge in [0.25, 0.3) is 0 Å². The van der Waals surface area contributed by atoms with Crippen molar-refractivity contribution in [2.24, 2.45) is 34.4 Å². The first-order valence-corrected chi connectivity index (χ1v) is 11.4. The molecule has 4 nitrogen and oxygen atoms in total. The first-order valence-electron chi connectivity index (χ1n) is 11.4. The van der Waals surface area contributed by atoms with Gasteiger partial charge in [-0.1, -0.05) is 57.9 Å². The maximum absolute atomic E-state index is 6.48. The topological polar surface area (TPSA) is 44.9 Å². The van der Waals surface area contributed by atoms with Crippen LogP contribution >= 0.6 is 0 Å². The highest BCUT2D eigenvalue weighted by Crippen LogP contribution is 2.42. The lowest BCUT2D eigenvalue weighted by molar-refractivity contribution is 0.0208. The van der Waals surface area contributed by atoms with Gasteiger partial charge in [-0.05, 0) is 50.4 Å². The Hall–Kier alpha value is -1.03. The lowest BCUT2D eigenvalue weighted by Crippen LogP contribution is -2.44. The molecule has 154 valence electrons. The minimum Gasteiger partial charge on any atom is -0.387 e. The first-order chi connectivity index (χ1) is 13.0. The molecule has 2 N–H and O–H groups in total. The summed E-state index contributed by atoms with van der Waals surface area (Å²) in [5.74, 6) is 3.97. The maximum atomic E-state index is 6.48. The standard InChI is InChI=1S/C23H42N4/c1-17(15-19-11-8-12-19)26(3)27(4)18(2)25-23(24)22-14-13-21(22)16-20-9-6-5-7-10-20/h18-22H,1,5-16H2,2-4H3,(H2,24,25). The Kier molecular flexibility index (Phi) is 7.24. The van der Waals surface area contributed by atoms with E-state index in [-0.39, 0.29) is 6.17 Å². The van der Waals surface area contributed by atoms with Crippen LogP contribution in [0.25, 0.3) is 0 Å². The van der Waals surface area contributed by atoms with Gasteiger partial charge in [0.1, 0.15) is 6.17 Å². The monoisotopic (exact) mass is 374 g/mol. The highest BCUT2D eigenvalue weighted by Gasteiger charge is 2.35. The summed E-state index contributed by atoms with van der Waals surface area (Å²) in [7, 11) is 4.21. The summed E-state index contributed by atoms with van der Waals surface area (Å²) in [6, 6.07) is 0. The van der Waals surface area contributed by atoms with E-state index in [1.54, 1.807) is 0 Å². The van der Waals surface area contributed by atoms with E-state index in [0.29, 0.717) is 5.92 Å². The fourth-order valence-corrected chi connectivity index (χ4v) is 5.12. The van der Waals surface area contributed by atoms with Crippen molar-refractivity contribution in [3.8, 4) is 0 Å². The third kappa shape index (κ3) is 5.28. The summed E-state index contributed by atoms with van der Waals surface area (Å²) < 4.78 is 0. The molecule has 0 aromatic carbocycles. The van der Waals surface area contributed by atoms with Crippen molar-refractivity contribution in [2.45, 2.75) is 90.1 Å². The molecule has 0 aliphatic heterocycles. The predicted molar refractivity (Wildman–Crippen MR) is 115 cm³/mol. The molecule has 4 heteroatoms. The van der Waals surface area contributed by atoms with E-state index >= 15 is 0 Å². The molecular formula is C23H42N4. The van der Waals surface area contributed by atoms with Gasteiger partial charge in [-0.25, -0.2) is 5.01 Å². The Balaban J connectivity index is 1.48. The molecule has 3 aliphatic carbocycles. The maximum Gasteiger partial charge on any atom is 0.118 e. The van der Waals surface area contributed by atoms with Crippen LogP contribution in [-0.4, -0.2) is 36.1 Å². The van der Waals surface area contributed by atoms with Gasteiger partial charge in [-0.2, -0.15) is 0 Å². The van der Waals surface area contributed by atoms with Crippen molar-refractivity contribution in [1.29, 1.82) is 0 Å². The molecular weight excluding hydrogens is 332 g/mol. The summed E-state index contributed by atoms with van der Waals surface area (Å²) >= 11 is 0. The minimum absolute atomic E-state index is 0.0593. The molecule has 0 saturated heterocycles. The summed E-state index contributed by atoms with van der Waals surface area (Å²) in [5, 5.41) is 4.36. The number of hydrazine groups is 1. The zero-order valence-electron chi connectivity index (χ0n) is 18.0. The van der Waals surface area contributed by atoms with Crippen molar-refractivity contribution < 1.29 is 0 Å². The van der Waals surface area contributed by atoms with Crippen LogP contribution in [0.15, 0.2) is 17.3 Å². The van der Waals surface area contributed by atoms with Crippen molar-refractivity contribution in [3.05, 3.63) is 12.3 Å². The molecule has 0 amide bonds. The van der Waals surface area contributed by atoms with Gasteiger partial charge in [-0.3, -0.25) is 4.99 Å². The zero-order valence-corrected chi connectivity index (χ0v) is 18.0. The molecule has 27 heavy (non-hydrogen) atoms. The number of allylic oxidation sites excluding steroid dienone is 1. The third-order valence-electron chi connectivity index (χ3n) is 7.71. The fraction of sp³-hybridized carbons (Fsp3) is 0.870. The number of hydrogen-bond acceptors (Lipinski definition) is 3. The average molecular weight is 375 g/mol. The highest BCUT2D eigenvalue weighted by atomic mass is 15.6. The van der Waals surface area contributed by atoms with Crippen LogP contribution in [0.4, 0.5) is 0 Å². The Morgan fingerprint density at radius 1 is 1.00 bits per heavy atom. The largest absolute Gasteiger partial charge is 0.387 e. The molecule has 3 atom stereocenters. The van der Waals surface area contributed by atoms with Crippen LogP contribution in [0.2, 0.25) is 0 Å². The second-order valence-corrected chi connectivity index (χ2v) is 9.53. The summed E-state index contributed by atoms with van der Waals surface area (Å²) in [4.78, 5) is 4.90. The molecule has 3 saturated carbocycles. The van der Waals surface area contributed by atoms with Gasteiger partial charge < -0.3 is 10.7 Å². The number of nitrogens with two attached hydrogens (primary N) is 1. The van der Waals surface area contributed by atoms with E-state index in [9.17, 15) is 0 Å². The van der Waals surface area contributed by atoms with Crippen LogP contribution in [0, 0.1) is 23.7 Å². The molecule has 3 rings (SSSR count). The van der Waals surface area contributed by atoms with Gasteiger partial charge in [-0.15, -0.1) is 0 Å². The fourth-order valence-electron chi connectivity index (χ4n) is 5.12. The van der Waals surface area contributed by atoms with Crippen LogP contribution in [0.3, 0.4) is 0 Å². The van der Waals surface area contributed by atoms with Gasteiger partial charge in [0.05, 0.1) is 5.84 Å². The molecule has 0 heterocycles. The Bertz CT molecular complexity index is 518. The summed E-state index contributed by atoms with van der Waals surface area (Å²) in [6.45, 7) is 6.45. The normalized spacial score (nSPS) is 28.5. The zero-order chi connectivity index (χ0) is 19.4. The second kappa shape index (κ2) is 9.45.